The standard InChI is InChI=1S/C11H17F3N2O3/c12-11(13,14)6-16(5-9(17)18)10(19)7-2-1-3-8(15)4-7/h7-8H,1-6,15H2,(H,17,18). The van der Waals surface area contributed by atoms with Crippen LogP contribution in [0.5, 0.6) is 0 Å². The number of halogens is 3. The molecular formula is C11H17F3N2O3. The van der Waals surface area contributed by atoms with Crippen LogP contribution in [0.25, 0.3) is 0 Å². The third-order valence-electron chi connectivity index (χ3n) is 3.07. The van der Waals surface area contributed by atoms with Crippen LogP contribution in [0.2, 0.25) is 0 Å². The van der Waals surface area contributed by atoms with Crippen LogP contribution in [0.1, 0.15) is 25.7 Å². The Morgan fingerprint density at radius 3 is 2.42 bits per heavy atom. The minimum Gasteiger partial charge on any atom is -0.480 e. The van der Waals surface area contributed by atoms with Crippen molar-refractivity contribution >= 4 is 11.9 Å². The first kappa shape index (κ1) is 15.7. The van der Waals surface area contributed by atoms with Gasteiger partial charge in [0.25, 0.3) is 0 Å². The highest BCUT2D eigenvalue weighted by Crippen LogP contribution is 2.26. The van der Waals surface area contributed by atoms with Crippen molar-refractivity contribution in [3.05, 3.63) is 0 Å². The third-order valence-corrected chi connectivity index (χ3v) is 3.07. The van der Waals surface area contributed by atoms with Crippen molar-refractivity contribution in [1.82, 2.24) is 4.90 Å². The molecule has 2 atom stereocenters. The number of rotatable bonds is 4. The summed E-state index contributed by atoms with van der Waals surface area (Å²) in [6, 6.07) is -0.208. The quantitative estimate of drug-likeness (QED) is 0.805. The minimum atomic E-state index is -4.61. The van der Waals surface area contributed by atoms with E-state index in [-0.39, 0.29) is 6.04 Å². The Kier molecular flexibility index (Phi) is 5.16. The molecule has 0 radical (unpaired) electrons. The lowest BCUT2D eigenvalue weighted by atomic mass is 9.85. The minimum absolute atomic E-state index is 0.208. The fourth-order valence-electron chi connectivity index (χ4n) is 2.30. The highest BCUT2D eigenvalue weighted by molar-refractivity contribution is 5.83. The van der Waals surface area contributed by atoms with Crippen molar-refractivity contribution in [2.45, 2.75) is 37.9 Å². The molecule has 1 rings (SSSR count). The van der Waals surface area contributed by atoms with Gasteiger partial charge in [-0.1, -0.05) is 6.42 Å². The number of carbonyl (C=O) groups is 2. The van der Waals surface area contributed by atoms with E-state index in [0.29, 0.717) is 24.2 Å². The third kappa shape index (κ3) is 5.46. The SMILES string of the molecule is NC1CCCC(C(=O)N(CC(=O)O)CC(F)(F)F)C1. The average Bonchev–Trinajstić information content (AvgIpc) is 2.24. The summed E-state index contributed by atoms with van der Waals surface area (Å²) in [6.45, 7) is -2.48. The lowest BCUT2D eigenvalue weighted by molar-refractivity contribution is -0.168. The average molecular weight is 282 g/mol. The van der Waals surface area contributed by atoms with Gasteiger partial charge in [-0.25, -0.2) is 0 Å². The number of carboxylic acid groups (broad SMARTS) is 1. The maximum atomic E-state index is 12.3. The molecule has 1 aliphatic rings. The number of nitrogens with zero attached hydrogens (tertiary/aromatic N) is 1. The Balaban J connectivity index is 2.72. The molecule has 2 unspecified atom stereocenters. The molecule has 0 aliphatic heterocycles. The van der Waals surface area contributed by atoms with E-state index < -0.39 is 37.1 Å². The van der Waals surface area contributed by atoms with Gasteiger partial charge in [0, 0.05) is 12.0 Å². The zero-order valence-corrected chi connectivity index (χ0v) is 10.3. The van der Waals surface area contributed by atoms with Gasteiger partial charge in [-0.05, 0) is 19.3 Å². The number of alkyl halides is 3. The maximum absolute atomic E-state index is 12.3. The van der Waals surface area contributed by atoms with E-state index in [1.165, 1.54) is 0 Å². The van der Waals surface area contributed by atoms with Gasteiger partial charge >= 0.3 is 12.1 Å². The Morgan fingerprint density at radius 1 is 1.32 bits per heavy atom. The second-order valence-corrected chi connectivity index (χ2v) is 4.83. The zero-order chi connectivity index (χ0) is 14.6. The number of aliphatic carboxylic acids is 1. The molecule has 1 amide bonds. The van der Waals surface area contributed by atoms with Crippen LogP contribution in [0.3, 0.4) is 0 Å². The molecule has 0 bridgehead atoms. The van der Waals surface area contributed by atoms with Crippen molar-refractivity contribution in [3.63, 3.8) is 0 Å². The summed E-state index contributed by atoms with van der Waals surface area (Å²) in [5, 5.41) is 8.59. The van der Waals surface area contributed by atoms with Gasteiger partial charge in [0.15, 0.2) is 0 Å². The highest BCUT2D eigenvalue weighted by Gasteiger charge is 2.37. The van der Waals surface area contributed by atoms with Gasteiger partial charge in [0.05, 0.1) is 0 Å². The molecule has 0 aromatic rings. The van der Waals surface area contributed by atoms with Crippen LogP contribution in [-0.4, -0.2) is 47.2 Å². The van der Waals surface area contributed by atoms with Crippen LogP contribution >= 0.6 is 0 Å². The fraction of sp³-hybridized carbons (Fsp3) is 0.818. The molecule has 0 aromatic heterocycles. The van der Waals surface area contributed by atoms with Crippen LogP contribution < -0.4 is 5.73 Å². The Hall–Kier alpha value is -1.31. The van der Waals surface area contributed by atoms with Crippen LogP contribution in [0.4, 0.5) is 13.2 Å². The van der Waals surface area contributed by atoms with Crippen molar-refractivity contribution in [2.24, 2.45) is 11.7 Å². The van der Waals surface area contributed by atoms with E-state index >= 15 is 0 Å². The fourth-order valence-corrected chi connectivity index (χ4v) is 2.30. The molecule has 3 N–H and O–H groups in total. The number of hydrogen-bond donors (Lipinski definition) is 2. The predicted molar refractivity (Wildman–Crippen MR) is 60.2 cm³/mol. The lowest BCUT2D eigenvalue weighted by Gasteiger charge is -2.31. The summed E-state index contributed by atoms with van der Waals surface area (Å²) in [5.41, 5.74) is 5.68. The van der Waals surface area contributed by atoms with E-state index in [4.69, 9.17) is 10.8 Å². The summed E-state index contributed by atoms with van der Waals surface area (Å²) in [5.74, 6) is -2.84. The molecule has 1 saturated carbocycles. The van der Waals surface area contributed by atoms with Gasteiger partial charge in [-0.2, -0.15) is 13.2 Å². The second kappa shape index (κ2) is 6.23. The van der Waals surface area contributed by atoms with Crippen LogP contribution in [0, 0.1) is 5.92 Å². The first-order chi connectivity index (χ1) is 8.69. The molecule has 1 aliphatic carbocycles. The van der Waals surface area contributed by atoms with Gasteiger partial charge < -0.3 is 15.7 Å². The summed E-state index contributed by atoms with van der Waals surface area (Å²) in [7, 11) is 0. The smallest absolute Gasteiger partial charge is 0.406 e. The zero-order valence-electron chi connectivity index (χ0n) is 10.3. The molecule has 0 aromatic carbocycles. The molecule has 5 nitrogen and oxygen atoms in total. The summed E-state index contributed by atoms with van der Waals surface area (Å²) >= 11 is 0. The summed E-state index contributed by atoms with van der Waals surface area (Å²) < 4.78 is 37.0. The molecule has 8 heteroatoms. The summed E-state index contributed by atoms with van der Waals surface area (Å²) in [6.07, 6.45) is -2.43. The maximum Gasteiger partial charge on any atom is 0.406 e. The van der Waals surface area contributed by atoms with E-state index in [1.807, 2.05) is 0 Å². The Labute approximate surface area is 108 Å². The topological polar surface area (TPSA) is 83.6 Å². The molecule has 0 saturated heterocycles. The lowest BCUT2D eigenvalue weighted by Crippen LogP contribution is -2.46. The van der Waals surface area contributed by atoms with Crippen molar-refractivity contribution in [3.8, 4) is 0 Å². The van der Waals surface area contributed by atoms with E-state index in [2.05, 4.69) is 0 Å². The Morgan fingerprint density at radius 2 is 1.95 bits per heavy atom. The van der Waals surface area contributed by atoms with E-state index in [0.717, 1.165) is 6.42 Å². The van der Waals surface area contributed by atoms with E-state index in [1.54, 1.807) is 0 Å². The molecule has 0 spiro atoms. The van der Waals surface area contributed by atoms with Gasteiger partial charge in [-0.15, -0.1) is 0 Å². The second-order valence-electron chi connectivity index (χ2n) is 4.83. The largest absolute Gasteiger partial charge is 0.480 e. The van der Waals surface area contributed by atoms with Crippen molar-refractivity contribution in [1.29, 1.82) is 0 Å². The number of amides is 1. The van der Waals surface area contributed by atoms with Gasteiger partial charge in [0.2, 0.25) is 5.91 Å². The number of carbonyl (C=O) groups excluding carboxylic acids is 1. The molecule has 0 heterocycles. The summed E-state index contributed by atoms with van der Waals surface area (Å²) in [4.78, 5) is 22.9. The number of hydrogen-bond acceptors (Lipinski definition) is 3. The van der Waals surface area contributed by atoms with Crippen molar-refractivity contribution in [2.75, 3.05) is 13.1 Å². The Bertz CT molecular complexity index is 347. The van der Waals surface area contributed by atoms with E-state index in [9.17, 15) is 22.8 Å². The van der Waals surface area contributed by atoms with Crippen LogP contribution in [0.15, 0.2) is 0 Å². The molecule has 1 fully saturated rings. The first-order valence-electron chi connectivity index (χ1n) is 6.02. The monoisotopic (exact) mass is 282 g/mol. The molecule has 19 heavy (non-hydrogen) atoms. The highest BCUT2D eigenvalue weighted by atomic mass is 19.4. The number of carboxylic acids is 1. The van der Waals surface area contributed by atoms with Crippen molar-refractivity contribution < 1.29 is 27.9 Å². The van der Waals surface area contributed by atoms with Gasteiger partial charge in [-0.3, -0.25) is 9.59 Å². The molecule has 110 valence electrons. The first-order valence-corrected chi connectivity index (χ1v) is 6.02. The number of nitrogens with two attached hydrogens (primary N) is 1. The molecular weight excluding hydrogens is 265 g/mol. The predicted octanol–water partition coefficient (Wildman–Crippen LogP) is 0.979. The van der Waals surface area contributed by atoms with Crippen LogP contribution in [-0.2, 0) is 9.59 Å². The van der Waals surface area contributed by atoms with Gasteiger partial charge in [0.1, 0.15) is 13.1 Å². The normalized spacial score (nSPS) is 24.0.